The summed E-state index contributed by atoms with van der Waals surface area (Å²) in [6.07, 6.45) is 2.67. The van der Waals surface area contributed by atoms with Gasteiger partial charge in [0.2, 0.25) is 23.6 Å². The van der Waals surface area contributed by atoms with Crippen LogP contribution in [-0.4, -0.2) is 83.4 Å². The molecule has 12 heteroatoms. The molecule has 1 aromatic heterocycles. The summed E-state index contributed by atoms with van der Waals surface area (Å²) in [5, 5.41) is 23.0. The summed E-state index contributed by atoms with van der Waals surface area (Å²) in [5.41, 5.74) is 2.35. The Bertz CT molecular complexity index is 1330. The van der Waals surface area contributed by atoms with E-state index in [4.69, 9.17) is 0 Å². The topological polar surface area (TPSA) is 157 Å². The zero-order chi connectivity index (χ0) is 31.1. The van der Waals surface area contributed by atoms with Crippen molar-refractivity contribution in [1.82, 2.24) is 26.2 Å². The number of aliphatic hydroxyl groups excluding tert-OH is 1. The van der Waals surface area contributed by atoms with E-state index in [0.29, 0.717) is 5.56 Å². The number of nitrogens with one attached hydrogen (secondary N) is 4. The lowest BCUT2D eigenvalue weighted by atomic mass is 9.95. The Morgan fingerprint density at radius 3 is 2.37 bits per heavy atom. The van der Waals surface area contributed by atoms with Crippen molar-refractivity contribution >= 4 is 40.9 Å². The number of nitrogens with zero attached hydrogens (tertiary/aromatic N) is 1. The van der Waals surface area contributed by atoms with E-state index in [0.717, 1.165) is 36.8 Å². The van der Waals surface area contributed by atoms with Gasteiger partial charge in [0.1, 0.15) is 18.1 Å². The second-order valence-electron chi connectivity index (χ2n) is 11.5. The average Bonchev–Trinajstić information content (AvgIpc) is 3.41. The molecular weight excluding hydrogens is 570 g/mol. The van der Waals surface area contributed by atoms with Crippen LogP contribution in [-0.2, 0) is 38.4 Å². The maximum absolute atomic E-state index is 13.7. The van der Waals surface area contributed by atoms with Crippen molar-refractivity contribution in [3.05, 3.63) is 57.3 Å². The lowest BCUT2D eigenvalue weighted by Crippen LogP contribution is -2.60. The molecule has 5 N–H and O–H groups in total. The first-order valence-corrected chi connectivity index (χ1v) is 15.7. The number of hydrogen-bond donors (Lipinski definition) is 5. The number of hydrogen-bond acceptors (Lipinski definition) is 7. The number of benzene rings is 1. The lowest BCUT2D eigenvalue weighted by molar-refractivity contribution is -0.135. The monoisotopic (exact) mass is 611 g/mol. The second kappa shape index (κ2) is 14.6. The van der Waals surface area contributed by atoms with Gasteiger partial charge in [-0.3, -0.25) is 24.0 Å². The molecule has 2 aliphatic rings. The molecule has 1 aliphatic carbocycles. The SMILES string of the molecule is CC(C)[C@H]1NC(=O)CN(C(=O)c2csc3c2CCCC3)CCNC(=O)[C@H]([C@@H](C)O)NC(=O)[C@H](Cc2ccccc2)NC1=O. The highest BCUT2D eigenvalue weighted by atomic mass is 32.1. The number of fused-ring (bicyclic) bond motifs is 1. The highest BCUT2D eigenvalue weighted by Crippen LogP contribution is 2.31. The fourth-order valence-electron chi connectivity index (χ4n) is 5.43. The van der Waals surface area contributed by atoms with Gasteiger partial charge in [-0.05, 0) is 49.7 Å². The Hall–Kier alpha value is -3.77. The molecule has 5 amide bonds. The fourth-order valence-corrected chi connectivity index (χ4v) is 6.55. The van der Waals surface area contributed by atoms with Crippen LogP contribution in [0.5, 0.6) is 0 Å². The van der Waals surface area contributed by atoms with E-state index in [9.17, 15) is 29.1 Å². The van der Waals surface area contributed by atoms with Gasteiger partial charge >= 0.3 is 0 Å². The molecular formula is C31H41N5O6S. The maximum atomic E-state index is 13.7. The Labute approximate surface area is 255 Å². The van der Waals surface area contributed by atoms with E-state index in [2.05, 4.69) is 21.3 Å². The van der Waals surface area contributed by atoms with E-state index < -0.39 is 47.9 Å². The van der Waals surface area contributed by atoms with E-state index in [1.54, 1.807) is 25.2 Å². The summed E-state index contributed by atoms with van der Waals surface area (Å²) in [7, 11) is 0. The summed E-state index contributed by atoms with van der Waals surface area (Å²) in [5.74, 6) is -3.05. The van der Waals surface area contributed by atoms with Crippen LogP contribution in [0.25, 0.3) is 0 Å². The van der Waals surface area contributed by atoms with Crippen molar-refractivity contribution in [1.29, 1.82) is 0 Å². The molecule has 0 spiro atoms. The van der Waals surface area contributed by atoms with Crippen molar-refractivity contribution in [2.45, 2.75) is 77.1 Å². The van der Waals surface area contributed by atoms with E-state index in [-0.39, 0.29) is 37.9 Å². The quantitative estimate of drug-likeness (QED) is 0.339. The molecule has 4 atom stereocenters. The van der Waals surface area contributed by atoms with E-state index in [1.807, 2.05) is 35.7 Å². The van der Waals surface area contributed by atoms with Gasteiger partial charge in [-0.15, -0.1) is 11.3 Å². The van der Waals surface area contributed by atoms with Gasteiger partial charge in [0.25, 0.3) is 5.91 Å². The van der Waals surface area contributed by atoms with Crippen LogP contribution < -0.4 is 21.3 Å². The molecule has 0 bridgehead atoms. The molecule has 2 aromatic rings. The number of amides is 5. The van der Waals surface area contributed by atoms with Gasteiger partial charge in [0, 0.05) is 29.8 Å². The van der Waals surface area contributed by atoms with Gasteiger partial charge in [-0.25, -0.2) is 0 Å². The maximum Gasteiger partial charge on any atom is 0.255 e. The molecule has 0 saturated carbocycles. The van der Waals surface area contributed by atoms with Crippen LogP contribution in [0.4, 0.5) is 0 Å². The van der Waals surface area contributed by atoms with E-state index >= 15 is 0 Å². The van der Waals surface area contributed by atoms with Crippen LogP contribution in [0.3, 0.4) is 0 Å². The largest absolute Gasteiger partial charge is 0.391 e. The first kappa shape index (κ1) is 32.2. The smallest absolute Gasteiger partial charge is 0.255 e. The first-order valence-electron chi connectivity index (χ1n) is 14.8. The van der Waals surface area contributed by atoms with Gasteiger partial charge < -0.3 is 31.3 Å². The van der Waals surface area contributed by atoms with Crippen molar-refractivity contribution in [2.24, 2.45) is 5.92 Å². The van der Waals surface area contributed by atoms with E-state index in [1.165, 1.54) is 16.7 Å². The second-order valence-corrected chi connectivity index (χ2v) is 12.5. The molecule has 232 valence electrons. The molecule has 0 unspecified atom stereocenters. The Morgan fingerprint density at radius 2 is 1.67 bits per heavy atom. The molecule has 4 rings (SSSR count). The zero-order valence-corrected chi connectivity index (χ0v) is 25.7. The van der Waals surface area contributed by atoms with Crippen molar-refractivity contribution < 1.29 is 29.1 Å². The standard InChI is InChI=1S/C31H41N5O6S/c1-18(2)26-30(41)33-23(15-20-9-5-4-6-10-20)28(39)35-27(19(3)37)29(40)32-13-14-36(16-25(38)34-26)31(42)22-17-43-24-12-8-7-11-21(22)24/h4-6,9-10,17-19,23,26-27,37H,7-8,11-16H2,1-3H3,(H,32,40)(H,33,41)(H,34,38)(H,35,39)/t19-,23+,26-,27+/m1/s1. The van der Waals surface area contributed by atoms with Gasteiger partial charge in [-0.2, -0.15) is 0 Å². The molecule has 1 aromatic carbocycles. The predicted molar refractivity (Wildman–Crippen MR) is 162 cm³/mol. The Balaban J connectivity index is 1.63. The Morgan fingerprint density at radius 1 is 0.953 bits per heavy atom. The van der Waals surface area contributed by atoms with Crippen LogP contribution in [0.1, 0.15) is 60.0 Å². The fraction of sp³-hybridized carbons (Fsp3) is 0.516. The molecule has 1 fully saturated rings. The molecule has 11 nitrogen and oxygen atoms in total. The average molecular weight is 612 g/mol. The molecule has 1 saturated heterocycles. The number of carbonyl (C=O) groups excluding carboxylic acids is 5. The number of aryl methyl sites for hydroxylation is 1. The lowest BCUT2D eigenvalue weighted by Gasteiger charge is -2.27. The van der Waals surface area contributed by atoms with Gasteiger partial charge in [0.15, 0.2) is 0 Å². The minimum absolute atomic E-state index is 0.0122. The predicted octanol–water partition coefficient (Wildman–Crippen LogP) is 0.933. The number of aliphatic hydroxyl groups is 1. The van der Waals surface area contributed by atoms with Crippen LogP contribution in [0.2, 0.25) is 0 Å². The third kappa shape index (κ3) is 8.20. The zero-order valence-electron chi connectivity index (χ0n) is 24.9. The number of carbonyl (C=O) groups is 5. The van der Waals surface area contributed by atoms with Crippen molar-refractivity contribution in [3.63, 3.8) is 0 Å². The summed E-state index contributed by atoms with van der Waals surface area (Å²) >= 11 is 1.55. The molecule has 1 aliphatic heterocycles. The minimum Gasteiger partial charge on any atom is -0.391 e. The third-order valence-electron chi connectivity index (χ3n) is 7.84. The highest BCUT2D eigenvalue weighted by Gasteiger charge is 2.34. The van der Waals surface area contributed by atoms with Crippen LogP contribution >= 0.6 is 11.3 Å². The van der Waals surface area contributed by atoms with Crippen LogP contribution in [0.15, 0.2) is 35.7 Å². The summed E-state index contributed by atoms with van der Waals surface area (Å²) < 4.78 is 0. The molecule has 43 heavy (non-hydrogen) atoms. The first-order chi connectivity index (χ1) is 20.5. The normalized spacial score (nSPS) is 23.2. The van der Waals surface area contributed by atoms with Crippen molar-refractivity contribution in [3.8, 4) is 0 Å². The van der Waals surface area contributed by atoms with Crippen LogP contribution in [0, 0.1) is 5.92 Å². The van der Waals surface area contributed by atoms with Gasteiger partial charge in [-0.1, -0.05) is 44.2 Å². The third-order valence-corrected chi connectivity index (χ3v) is 8.93. The summed E-state index contributed by atoms with van der Waals surface area (Å²) in [4.78, 5) is 69.7. The molecule has 2 heterocycles. The van der Waals surface area contributed by atoms with Crippen molar-refractivity contribution in [2.75, 3.05) is 19.6 Å². The molecule has 0 radical (unpaired) electrons. The van der Waals surface area contributed by atoms with Gasteiger partial charge in [0.05, 0.1) is 18.2 Å². The summed E-state index contributed by atoms with van der Waals surface area (Å²) in [6, 6.07) is 5.70. The minimum atomic E-state index is -1.30. The number of thiophene rings is 1. The number of rotatable bonds is 5. The Kier molecular flexibility index (Phi) is 10.9. The summed E-state index contributed by atoms with van der Waals surface area (Å²) in [6.45, 7) is 4.62. The highest BCUT2D eigenvalue weighted by molar-refractivity contribution is 7.10.